The first kappa shape index (κ1) is 18.5. The molecule has 142 valence electrons. The number of fused-ring (bicyclic) bond motifs is 1. The molecule has 0 saturated carbocycles. The number of nitrogens with zero attached hydrogens (tertiary/aromatic N) is 1. The fraction of sp³-hybridized carbons (Fsp3) is 0.600. The van der Waals surface area contributed by atoms with Crippen LogP contribution in [0.4, 0.5) is 4.79 Å². The van der Waals surface area contributed by atoms with Gasteiger partial charge in [-0.2, -0.15) is 0 Å². The molecule has 2 aliphatic heterocycles. The van der Waals surface area contributed by atoms with Gasteiger partial charge in [-0.25, -0.2) is 4.79 Å². The van der Waals surface area contributed by atoms with Gasteiger partial charge in [-0.05, 0) is 51.7 Å². The Labute approximate surface area is 154 Å². The maximum absolute atomic E-state index is 12.6. The van der Waals surface area contributed by atoms with Crippen molar-refractivity contribution >= 4 is 12.0 Å². The Morgan fingerprint density at radius 2 is 2.08 bits per heavy atom. The average Bonchev–Trinajstić information content (AvgIpc) is 3.08. The lowest BCUT2D eigenvalue weighted by atomic mass is 9.96. The minimum Gasteiger partial charge on any atom is -0.493 e. The zero-order valence-electron chi connectivity index (χ0n) is 15.8. The summed E-state index contributed by atoms with van der Waals surface area (Å²) in [4.78, 5) is 26.5. The maximum atomic E-state index is 12.6. The lowest BCUT2D eigenvalue weighted by Gasteiger charge is -2.29. The van der Waals surface area contributed by atoms with Crippen LogP contribution in [-0.2, 0) is 16.0 Å². The van der Waals surface area contributed by atoms with E-state index in [9.17, 15) is 9.59 Å². The highest BCUT2D eigenvalue weighted by atomic mass is 16.6. The molecule has 26 heavy (non-hydrogen) atoms. The highest BCUT2D eigenvalue weighted by Gasteiger charge is 2.36. The van der Waals surface area contributed by atoms with Crippen molar-refractivity contribution in [1.29, 1.82) is 0 Å². The van der Waals surface area contributed by atoms with Crippen molar-refractivity contribution in [2.45, 2.75) is 51.7 Å². The molecule has 1 fully saturated rings. The van der Waals surface area contributed by atoms with E-state index in [2.05, 4.69) is 11.4 Å². The number of likely N-dealkylation sites (tertiary alicyclic amines) is 1. The summed E-state index contributed by atoms with van der Waals surface area (Å²) >= 11 is 0. The summed E-state index contributed by atoms with van der Waals surface area (Å²) in [6.07, 6.45) is 1.97. The third kappa shape index (κ3) is 4.48. The molecular weight excluding hydrogens is 332 g/mol. The van der Waals surface area contributed by atoms with Gasteiger partial charge in [0.05, 0.1) is 6.61 Å². The summed E-state index contributed by atoms with van der Waals surface area (Å²) in [5, 5.41) is 3.00. The second-order valence-corrected chi connectivity index (χ2v) is 8.07. The molecule has 3 rings (SSSR count). The Hall–Kier alpha value is -2.24. The van der Waals surface area contributed by atoms with Gasteiger partial charge in [-0.1, -0.05) is 18.2 Å². The van der Waals surface area contributed by atoms with Gasteiger partial charge >= 0.3 is 6.09 Å². The first-order valence-corrected chi connectivity index (χ1v) is 9.31. The minimum atomic E-state index is -0.562. The van der Waals surface area contributed by atoms with Gasteiger partial charge in [0.15, 0.2) is 0 Å². The first-order chi connectivity index (χ1) is 12.3. The predicted molar refractivity (Wildman–Crippen MR) is 98.1 cm³/mol. The van der Waals surface area contributed by atoms with Crippen LogP contribution in [-0.4, -0.2) is 48.2 Å². The number of hydrogen-bond acceptors (Lipinski definition) is 4. The quantitative estimate of drug-likeness (QED) is 0.900. The van der Waals surface area contributed by atoms with Crippen molar-refractivity contribution in [3.8, 4) is 5.75 Å². The Balaban J connectivity index is 1.52. The molecule has 0 bridgehead atoms. The monoisotopic (exact) mass is 360 g/mol. The van der Waals surface area contributed by atoms with Gasteiger partial charge in [-0.15, -0.1) is 0 Å². The fourth-order valence-corrected chi connectivity index (χ4v) is 3.46. The lowest BCUT2D eigenvalue weighted by Crippen LogP contribution is -2.48. The van der Waals surface area contributed by atoms with Gasteiger partial charge in [0, 0.05) is 19.0 Å². The third-order valence-electron chi connectivity index (χ3n) is 4.70. The highest BCUT2D eigenvalue weighted by molar-refractivity contribution is 5.86. The lowest BCUT2D eigenvalue weighted by molar-refractivity contribution is -0.125. The molecule has 0 aromatic heterocycles. The number of benzene rings is 1. The molecular formula is C20H28N2O4. The van der Waals surface area contributed by atoms with Crippen LogP contribution in [0.5, 0.6) is 5.75 Å². The second kappa shape index (κ2) is 7.56. The number of amides is 2. The standard InChI is InChI=1S/C20H28N2O4/c1-20(2,3)26-19(24)22-10-6-8-16(22)18(23)21-12-14-11-15-7-4-5-9-17(15)25-13-14/h4-5,7,9,14,16H,6,8,10-13H2,1-3H3,(H,21,23)/t14-,16-/m1/s1. The van der Waals surface area contributed by atoms with Crippen LogP contribution in [0.15, 0.2) is 24.3 Å². The zero-order valence-corrected chi connectivity index (χ0v) is 15.8. The summed E-state index contributed by atoms with van der Waals surface area (Å²) < 4.78 is 11.2. The van der Waals surface area contributed by atoms with Crippen molar-refractivity contribution in [2.75, 3.05) is 19.7 Å². The molecule has 6 heteroatoms. The Kier molecular flexibility index (Phi) is 5.39. The van der Waals surface area contributed by atoms with Gasteiger partial charge < -0.3 is 14.8 Å². The number of nitrogens with one attached hydrogen (secondary N) is 1. The van der Waals surface area contributed by atoms with Gasteiger partial charge in [0.25, 0.3) is 0 Å². The van der Waals surface area contributed by atoms with Crippen LogP contribution in [0.1, 0.15) is 39.2 Å². The van der Waals surface area contributed by atoms with Gasteiger partial charge in [0.2, 0.25) is 5.91 Å². The zero-order chi connectivity index (χ0) is 18.7. The van der Waals surface area contributed by atoms with E-state index in [0.717, 1.165) is 18.6 Å². The second-order valence-electron chi connectivity index (χ2n) is 8.07. The predicted octanol–water partition coefficient (Wildman–Crippen LogP) is 2.75. The van der Waals surface area contributed by atoms with Crippen LogP contribution in [0, 0.1) is 5.92 Å². The van der Waals surface area contributed by atoms with E-state index in [-0.39, 0.29) is 11.8 Å². The molecule has 2 atom stereocenters. The summed E-state index contributed by atoms with van der Waals surface area (Å²) in [6, 6.07) is 7.56. The summed E-state index contributed by atoms with van der Waals surface area (Å²) in [6.45, 7) is 7.20. The molecule has 1 N–H and O–H groups in total. The normalized spacial score (nSPS) is 22.3. The number of rotatable bonds is 3. The average molecular weight is 360 g/mol. The van der Waals surface area contributed by atoms with Crippen LogP contribution in [0.2, 0.25) is 0 Å². The number of carbonyl (C=O) groups is 2. The third-order valence-corrected chi connectivity index (χ3v) is 4.70. The van der Waals surface area contributed by atoms with Crippen molar-refractivity contribution in [3.05, 3.63) is 29.8 Å². The topological polar surface area (TPSA) is 67.9 Å². The molecule has 2 heterocycles. The molecule has 2 amide bonds. The van der Waals surface area contributed by atoms with Crippen molar-refractivity contribution in [3.63, 3.8) is 0 Å². The molecule has 0 unspecified atom stereocenters. The fourth-order valence-electron chi connectivity index (χ4n) is 3.46. The highest BCUT2D eigenvalue weighted by Crippen LogP contribution is 2.26. The SMILES string of the molecule is CC(C)(C)OC(=O)N1CCC[C@@H]1C(=O)NC[C@@H]1COc2ccccc2C1. The van der Waals surface area contributed by atoms with Crippen LogP contribution < -0.4 is 10.1 Å². The Morgan fingerprint density at radius 1 is 1.31 bits per heavy atom. The van der Waals surface area contributed by atoms with Crippen molar-refractivity contribution < 1.29 is 19.1 Å². The van der Waals surface area contributed by atoms with E-state index in [0.29, 0.717) is 26.1 Å². The maximum Gasteiger partial charge on any atom is 0.410 e. The van der Waals surface area contributed by atoms with Crippen molar-refractivity contribution in [1.82, 2.24) is 10.2 Å². The van der Waals surface area contributed by atoms with Crippen LogP contribution >= 0.6 is 0 Å². The Bertz CT molecular complexity index is 668. The van der Waals surface area contributed by atoms with E-state index in [1.54, 1.807) is 4.90 Å². The Morgan fingerprint density at radius 3 is 2.85 bits per heavy atom. The number of para-hydroxylation sites is 1. The van der Waals surface area contributed by atoms with Gasteiger partial charge in [0.1, 0.15) is 17.4 Å². The number of hydrogen-bond donors (Lipinski definition) is 1. The smallest absolute Gasteiger partial charge is 0.410 e. The van der Waals surface area contributed by atoms with Crippen LogP contribution in [0.3, 0.4) is 0 Å². The minimum absolute atomic E-state index is 0.104. The van der Waals surface area contributed by atoms with Gasteiger partial charge in [-0.3, -0.25) is 9.69 Å². The van der Waals surface area contributed by atoms with Crippen molar-refractivity contribution in [2.24, 2.45) is 5.92 Å². The van der Waals surface area contributed by atoms with E-state index in [1.165, 1.54) is 5.56 Å². The van der Waals surface area contributed by atoms with E-state index in [1.807, 2.05) is 39.0 Å². The molecule has 2 aliphatic rings. The molecule has 1 aromatic rings. The first-order valence-electron chi connectivity index (χ1n) is 9.31. The molecule has 0 aliphatic carbocycles. The molecule has 0 radical (unpaired) electrons. The molecule has 1 saturated heterocycles. The summed E-state index contributed by atoms with van der Waals surface area (Å²) in [5.41, 5.74) is 0.613. The number of carbonyl (C=O) groups excluding carboxylic acids is 2. The van der Waals surface area contributed by atoms with Crippen LogP contribution in [0.25, 0.3) is 0 Å². The molecule has 0 spiro atoms. The largest absolute Gasteiger partial charge is 0.493 e. The summed E-state index contributed by atoms with van der Waals surface area (Å²) in [7, 11) is 0. The molecule has 6 nitrogen and oxygen atoms in total. The molecule has 1 aromatic carbocycles. The van der Waals surface area contributed by atoms with E-state index in [4.69, 9.17) is 9.47 Å². The van der Waals surface area contributed by atoms with E-state index >= 15 is 0 Å². The van der Waals surface area contributed by atoms with E-state index < -0.39 is 17.7 Å². The summed E-state index contributed by atoms with van der Waals surface area (Å²) in [5.74, 6) is 1.07. The number of ether oxygens (including phenoxy) is 2.